The van der Waals surface area contributed by atoms with Gasteiger partial charge in [0.1, 0.15) is 0 Å². The second kappa shape index (κ2) is 7.24. The van der Waals surface area contributed by atoms with Gasteiger partial charge in [-0.2, -0.15) is 0 Å². The average molecular weight is 307 g/mol. The van der Waals surface area contributed by atoms with Crippen molar-refractivity contribution in [3.8, 4) is 0 Å². The lowest BCUT2D eigenvalue weighted by molar-refractivity contribution is -0.127. The van der Waals surface area contributed by atoms with Crippen LogP contribution in [0.3, 0.4) is 0 Å². The summed E-state index contributed by atoms with van der Waals surface area (Å²) in [5.41, 5.74) is 5.77. The van der Waals surface area contributed by atoms with Gasteiger partial charge in [0.15, 0.2) is 0 Å². The number of likely N-dealkylation sites (tertiary alicyclic amines) is 1. The molecule has 0 aliphatic carbocycles. The Morgan fingerprint density at radius 1 is 1.50 bits per heavy atom. The number of rotatable bonds is 3. The summed E-state index contributed by atoms with van der Waals surface area (Å²) in [7, 11) is 0. The highest BCUT2D eigenvalue weighted by Crippen LogP contribution is 2.26. The van der Waals surface area contributed by atoms with E-state index >= 15 is 0 Å². The summed E-state index contributed by atoms with van der Waals surface area (Å²) < 4.78 is 0. The van der Waals surface area contributed by atoms with Crippen LogP contribution >= 0.6 is 35.8 Å². The summed E-state index contributed by atoms with van der Waals surface area (Å²) >= 11 is 7.50. The van der Waals surface area contributed by atoms with Crippen molar-refractivity contribution >= 4 is 41.7 Å². The molecule has 1 saturated heterocycles. The highest BCUT2D eigenvalue weighted by Gasteiger charge is 2.23. The van der Waals surface area contributed by atoms with Crippen LogP contribution < -0.4 is 5.73 Å². The molecule has 100 valence electrons. The summed E-state index contributed by atoms with van der Waals surface area (Å²) in [6.07, 6.45) is 0.905. The second-order valence-electron chi connectivity index (χ2n) is 4.11. The van der Waals surface area contributed by atoms with Gasteiger partial charge < -0.3 is 10.6 Å². The van der Waals surface area contributed by atoms with Crippen molar-refractivity contribution in [2.24, 2.45) is 5.73 Å². The molecule has 1 aliphatic heterocycles. The molecule has 1 aliphatic rings. The zero-order valence-electron chi connectivity index (χ0n) is 9.84. The van der Waals surface area contributed by atoms with E-state index in [2.05, 4.69) is 0 Å². The maximum Gasteiger partial charge on any atom is 0.232 e. The van der Waals surface area contributed by atoms with Gasteiger partial charge in [-0.15, -0.1) is 24.2 Å². The summed E-state index contributed by atoms with van der Waals surface area (Å²) in [5.74, 6) is 0.569. The average Bonchev–Trinajstić information content (AvgIpc) is 2.74. The molecule has 18 heavy (non-hydrogen) atoms. The molecule has 0 bridgehead atoms. The van der Waals surface area contributed by atoms with Gasteiger partial charge in [-0.3, -0.25) is 4.79 Å². The van der Waals surface area contributed by atoms with Gasteiger partial charge in [-0.05, 0) is 18.6 Å². The van der Waals surface area contributed by atoms with E-state index in [1.54, 1.807) is 0 Å². The largest absolute Gasteiger partial charge is 0.340 e. The van der Waals surface area contributed by atoms with E-state index in [1.807, 2.05) is 29.2 Å². The number of hydrogen-bond donors (Lipinski definition) is 1. The van der Waals surface area contributed by atoms with Crippen molar-refractivity contribution in [2.45, 2.75) is 17.4 Å². The number of amides is 1. The number of carbonyl (C=O) groups is 1. The number of carbonyl (C=O) groups excluding carboxylic acids is 1. The van der Waals surface area contributed by atoms with E-state index in [0.29, 0.717) is 17.3 Å². The molecule has 1 aromatic rings. The topological polar surface area (TPSA) is 46.3 Å². The van der Waals surface area contributed by atoms with Crippen LogP contribution in [0.2, 0.25) is 5.02 Å². The molecule has 3 nitrogen and oxygen atoms in total. The van der Waals surface area contributed by atoms with Gasteiger partial charge in [-0.1, -0.05) is 23.7 Å². The lowest BCUT2D eigenvalue weighted by Gasteiger charge is -2.15. The smallest absolute Gasteiger partial charge is 0.232 e. The van der Waals surface area contributed by atoms with Crippen molar-refractivity contribution in [2.75, 3.05) is 18.8 Å². The fourth-order valence-electron chi connectivity index (χ4n) is 1.81. The SMILES string of the molecule is Cl.N[C@@H]1CCN(C(=O)CSc2ccccc2Cl)C1. The molecular weight excluding hydrogens is 291 g/mol. The molecule has 0 radical (unpaired) electrons. The Kier molecular flexibility index (Phi) is 6.29. The van der Waals surface area contributed by atoms with Crippen LogP contribution in [0, 0.1) is 0 Å². The van der Waals surface area contributed by atoms with Crippen molar-refractivity contribution in [3.05, 3.63) is 29.3 Å². The Bertz CT molecular complexity index is 417. The highest BCUT2D eigenvalue weighted by molar-refractivity contribution is 8.00. The van der Waals surface area contributed by atoms with Crippen LogP contribution in [0.15, 0.2) is 29.2 Å². The van der Waals surface area contributed by atoms with Crippen molar-refractivity contribution < 1.29 is 4.79 Å². The van der Waals surface area contributed by atoms with Crippen LogP contribution in [0.1, 0.15) is 6.42 Å². The first-order chi connectivity index (χ1) is 8.16. The van der Waals surface area contributed by atoms with Gasteiger partial charge in [0, 0.05) is 24.0 Å². The van der Waals surface area contributed by atoms with Crippen LogP contribution in [0.4, 0.5) is 0 Å². The second-order valence-corrected chi connectivity index (χ2v) is 5.53. The van der Waals surface area contributed by atoms with Crippen molar-refractivity contribution in [1.29, 1.82) is 0 Å². The number of nitrogens with zero attached hydrogens (tertiary/aromatic N) is 1. The Labute approximate surface area is 122 Å². The first-order valence-electron chi connectivity index (χ1n) is 5.57. The molecule has 6 heteroatoms. The fourth-order valence-corrected chi connectivity index (χ4v) is 2.95. The zero-order valence-corrected chi connectivity index (χ0v) is 12.2. The summed E-state index contributed by atoms with van der Waals surface area (Å²) in [6.45, 7) is 1.46. The number of halogens is 2. The van der Waals surface area contributed by atoms with E-state index < -0.39 is 0 Å². The predicted octanol–water partition coefficient (Wildman–Crippen LogP) is 2.41. The minimum absolute atomic E-state index is 0. The maximum absolute atomic E-state index is 11.9. The first-order valence-corrected chi connectivity index (χ1v) is 6.94. The molecule has 1 atom stereocenters. The summed E-state index contributed by atoms with van der Waals surface area (Å²) in [5, 5.41) is 0.698. The Balaban J connectivity index is 0.00000162. The van der Waals surface area contributed by atoms with Crippen molar-refractivity contribution in [3.63, 3.8) is 0 Å². The third kappa shape index (κ3) is 4.05. The highest BCUT2D eigenvalue weighted by atomic mass is 35.5. The molecule has 0 spiro atoms. The third-order valence-corrected chi connectivity index (χ3v) is 4.27. The van der Waals surface area contributed by atoms with E-state index in [-0.39, 0.29) is 24.4 Å². The minimum atomic E-state index is 0. The minimum Gasteiger partial charge on any atom is -0.340 e. The molecule has 0 aromatic heterocycles. The fraction of sp³-hybridized carbons (Fsp3) is 0.417. The maximum atomic E-state index is 11.9. The van der Waals surface area contributed by atoms with Crippen LogP contribution in [0.25, 0.3) is 0 Å². The first kappa shape index (κ1) is 15.6. The van der Waals surface area contributed by atoms with Gasteiger partial charge in [0.2, 0.25) is 5.91 Å². The molecule has 0 unspecified atom stereocenters. The van der Waals surface area contributed by atoms with E-state index in [9.17, 15) is 4.79 Å². The van der Waals surface area contributed by atoms with Crippen molar-refractivity contribution in [1.82, 2.24) is 4.90 Å². The molecule has 1 heterocycles. The van der Waals surface area contributed by atoms with Gasteiger partial charge in [0.05, 0.1) is 10.8 Å². The molecule has 1 aromatic carbocycles. The Morgan fingerprint density at radius 2 is 2.22 bits per heavy atom. The summed E-state index contributed by atoms with van der Waals surface area (Å²) in [4.78, 5) is 14.7. The number of hydrogen-bond acceptors (Lipinski definition) is 3. The van der Waals surface area contributed by atoms with Crippen LogP contribution in [0.5, 0.6) is 0 Å². The quantitative estimate of drug-likeness (QED) is 0.872. The third-order valence-electron chi connectivity index (χ3n) is 2.77. The molecule has 2 N–H and O–H groups in total. The van der Waals surface area contributed by atoms with E-state index in [4.69, 9.17) is 17.3 Å². The van der Waals surface area contributed by atoms with Crippen LogP contribution in [-0.4, -0.2) is 35.7 Å². The monoisotopic (exact) mass is 306 g/mol. The zero-order chi connectivity index (χ0) is 12.3. The lowest BCUT2D eigenvalue weighted by atomic mass is 10.3. The summed E-state index contributed by atoms with van der Waals surface area (Å²) in [6, 6.07) is 7.71. The van der Waals surface area contributed by atoms with Gasteiger partial charge in [0.25, 0.3) is 0 Å². The molecule has 1 amide bonds. The predicted molar refractivity (Wildman–Crippen MR) is 78.6 cm³/mol. The van der Waals surface area contributed by atoms with Gasteiger partial charge >= 0.3 is 0 Å². The Hall–Kier alpha value is -0.420. The molecule has 1 fully saturated rings. The number of benzene rings is 1. The van der Waals surface area contributed by atoms with E-state index in [0.717, 1.165) is 17.9 Å². The van der Waals surface area contributed by atoms with E-state index in [1.165, 1.54) is 11.8 Å². The molecule has 0 saturated carbocycles. The van der Waals surface area contributed by atoms with Gasteiger partial charge in [-0.25, -0.2) is 0 Å². The number of thioether (sulfide) groups is 1. The van der Waals surface area contributed by atoms with Crippen LogP contribution in [-0.2, 0) is 4.79 Å². The Morgan fingerprint density at radius 3 is 2.83 bits per heavy atom. The normalized spacial score (nSPS) is 18.6. The number of nitrogens with two attached hydrogens (primary N) is 1. The molecular formula is C12H16Cl2N2OS. The standard InChI is InChI=1S/C12H15ClN2OS.ClH/c13-10-3-1-2-4-11(10)17-8-12(16)15-6-5-9(14)7-15;/h1-4,9H,5-8,14H2;1H/t9-;/m1./s1. The molecule has 2 rings (SSSR count). The lowest BCUT2D eigenvalue weighted by Crippen LogP contribution is -2.33.